The van der Waals surface area contributed by atoms with Gasteiger partial charge in [-0.05, 0) is 76.7 Å². The molecule has 8 heterocycles. The molecule has 18 heteroatoms. The van der Waals surface area contributed by atoms with Gasteiger partial charge >= 0.3 is 0 Å². The molecule has 5 aromatic heterocycles. The number of ether oxygens (including phenoxy) is 2. The predicted molar refractivity (Wildman–Crippen MR) is 303 cm³/mol. The number of nitrogens with one attached hydrogen (secondary N) is 1. The average Bonchev–Trinajstić information content (AvgIpc) is 4.31. The van der Waals surface area contributed by atoms with Crippen LogP contribution < -0.4 is 15.1 Å². The van der Waals surface area contributed by atoms with Crippen LogP contribution in [0.15, 0.2) is 122 Å². The molecular formula is C59H54N10O6S2. The van der Waals surface area contributed by atoms with Gasteiger partial charge in [0.2, 0.25) is 11.8 Å². The summed E-state index contributed by atoms with van der Waals surface area (Å²) in [5, 5.41) is 18.6. The van der Waals surface area contributed by atoms with Gasteiger partial charge in [0.15, 0.2) is 23.3 Å². The molecule has 3 aliphatic heterocycles. The third-order valence-corrected chi connectivity index (χ3v) is 16.6. The summed E-state index contributed by atoms with van der Waals surface area (Å²) in [6, 6.07) is 31.9. The molecule has 2 amide bonds. The van der Waals surface area contributed by atoms with E-state index in [9.17, 15) is 19.5 Å². The summed E-state index contributed by atoms with van der Waals surface area (Å²) < 4.78 is 15.1. The minimum absolute atomic E-state index is 0.0203. The van der Waals surface area contributed by atoms with Crippen molar-refractivity contribution in [3.05, 3.63) is 139 Å². The summed E-state index contributed by atoms with van der Waals surface area (Å²) in [5.41, 5.74) is 9.59. The summed E-state index contributed by atoms with van der Waals surface area (Å²) in [6.07, 6.45) is 7.88. The number of benzene rings is 4. The molecule has 16 nitrogen and oxygen atoms in total. The van der Waals surface area contributed by atoms with Crippen LogP contribution in [0.1, 0.15) is 36.0 Å². The first-order chi connectivity index (χ1) is 37.7. The summed E-state index contributed by atoms with van der Waals surface area (Å²) >= 11 is 3.33. The number of fused-ring (bicyclic) bond motifs is 4. The van der Waals surface area contributed by atoms with Crippen molar-refractivity contribution in [1.29, 1.82) is 0 Å². The highest BCUT2D eigenvalue weighted by Crippen LogP contribution is 2.42. The number of Topliss-reactive ketones (excluding diaryl/α,β-unsaturated/α-hetero) is 1. The first-order valence-corrected chi connectivity index (χ1v) is 27.5. The normalized spacial score (nSPS) is 14.9. The molecule has 2 saturated heterocycles. The zero-order valence-corrected chi connectivity index (χ0v) is 43.8. The maximum atomic E-state index is 13.5. The lowest BCUT2D eigenvalue weighted by Gasteiger charge is -2.29. The third kappa shape index (κ3) is 10.6. The topological polar surface area (TPSA) is 181 Å². The van der Waals surface area contributed by atoms with Crippen molar-refractivity contribution < 1.29 is 29.0 Å². The summed E-state index contributed by atoms with van der Waals surface area (Å²) in [7, 11) is 0. The number of phenols is 1. The zero-order valence-electron chi connectivity index (χ0n) is 42.2. The Morgan fingerprint density at radius 1 is 0.701 bits per heavy atom. The number of nitrogens with zero attached hydrogens (tertiary/aromatic N) is 9. The van der Waals surface area contributed by atoms with E-state index in [-0.39, 0.29) is 42.6 Å². The number of thiophene rings is 2. The Morgan fingerprint density at radius 3 is 2.09 bits per heavy atom. The second kappa shape index (κ2) is 21.8. The fourth-order valence-corrected chi connectivity index (χ4v) is 12.4. The van der Waals surface area contributed by atoms with Crippen LogP contribution in [-0.2, 0) is 43.4 Å². The number of allylic oxidation sites excluding steroid dienone is 1. The Hall–Kier alpha value is -8.16. The fraction of sp³-hybridized carbons (Fsp3) is 0.254. The highest BCUT2D eigenvalue weighted by Gasteiger charge is 2.26. The number of carbonyl (C=O) groups is 3. The van der Waals surface area contributed by atoms with Crippen LogP contribution in [0.5, 0.6) is 5.75 Å². The second-order valence-electron chi connectivity index (χ2n) is 19.3. The molecule has 0 saturated carbocycles. The summed E-state index contributed by atoms with van der Waals surface area (Å²) in [6.45, 7) is 10.4. The Morgan fingerprint density at radius 2 is 1.38 bits per heavy atom. The van der Waals surface area contributed by atoms with E-state index in [0.29, 0.717) is 70.8 Å². The smallest absolute Gasteiger partial charge is 0.243 e. The van der Waals surface area contributed by atoms with Gasteiger partial charge in [-0.2, -0.15) is 5.10 Å². The van der Waals surface area contributed by atoms with Crippen LogP contribution in [0.4, 0.5) is 11.6 Å². The van der Waals surface area contributed by atoms with Gasteiger partial charge in [-0.3, -0.25) is 14.4 Å². The zero-order chi connectivity index (χ0) is 52.4. The van der Waals surface area contributed by atoms with E-state index in [4.69, 9.17) is 29.4 Å². The number of hydrogen-bond donors (Lipinski definition) is 2. The van der Waals surface area contributed by atoms with Gasteiger partial charge in [-0.15, -0.1) is 22.7 Å². The molecule has 2 N–H and O–H groups in total. The van der Waals surface area contributed by atoms with E-state index in [1.165, 1.54) is 11.6 Å². The van der Waals surface area contributed by atoms with Gasteiger partial charge in [0.05, 0.1) is 58.6 Å². The number of rotatable bonds is 15. The second-order valence-corrected chi connectivity index (χ2v) is 21.4. The molecule has 0 spiro atoms. The Kier molecular flexibility index (Phi) is 14.1. The lowest BCUT2D eigenvalue weighted by atomic mass is 9.96. The SMILES string of the molecule is C=CC(=O)NCc1ccc(-c2cc3nc(-c4cccc5c4cnn5/C=C/CC(=O)CCC(=O)N4CCc5cc(-c6cc7nc(-c8cccc(O)c8)nc(N8CCOCC8)c7s6)ccc5C4)nc(N4CCOCC4)c3s2)cc1. The lowest BCUT2D eigenvalue weighted by Crippen LogP contribution is -2.36. The first-order valence-electron chi connectivity index (χ1n) is 25.8. The molecule has 3 aliphatic rings. The molecule has 388 valence electrons. The summed E-state index contributed by atoms with van der Waals surface area (Å²) in [4.78, 5) is 67.4. The maximum absolute atomic E-state index is 13.5. The van der Waals surface area contributed by atoms with Gasteiger partial charge < -0.3 is 34.6 Å². The highest BCUT2D eigenvalue weighted by atomic mass is 32.1. The van der Waals surface area contributed by atoms with Crippen LogP contribution in [0.2, 0.25) is 0 Å². The van der Waals surface area contributed by atoms with Crippen molar-refractivity contribution in [2.45, 2.75) is 38.8 Å². The van der Waals surface area contributed by atoms with E-state index < -0.39 is 0 Å². The van der Waals surface area contributed by atoms with Crippen LogP contribution in [-0.4, -0.2) is 116 Å². The van der Waals surface area contributed by atoms with Crippen LogP contribution in [0, 0.1) is 0 Å². The fourth-order valence-electron chi connectivity index (χ4n) is 10.1. The molecule has 0 bridgehead atoms. The van der Waals surface area contributed by atoms with Crippen LogP contribution >= 0.6 is 22.7 Å². The van der Waals surface area contributed by atoms with Crippen molar-refractivity contribution in [3.8, 4) is 49.4 Å². The number of ketones is 1. The number of anilines is 2. The van der Waals surface area contributed by atoms with Crippen molar-refractivity contribution in [3.63, 3.8) is 0 Å². The van der Waals surface area contributed by atoms with E-state index in [1.807, 2.05) is 47.5 Å². The molecule has 0 unspecified atom stereocenters. The molecule has 9 aromatic rings. The summed E-state index contributed by atoms with van der Waals surface area (Å²) in [5.74, 6) is 2.81. The maximum Gasteiger partial charge on any atom is 0.243 e. The molecular weight excluding hydrogens is 1010 g/mol. The van der Waals surface area contributed by atoms with Gasteiger partial charge in [0.1, 0.15) is 11.5 Å². The number of carbonyl (C=O) groups excluding carboxylic acids is 3. The molecule has 12 rings (SSSR count). The van der Waals surface area contributed by atoms with Crippen LogP contribution in [0.25, 0.3) is 81.2 Å². The van der Waals surface area contributed by atoms with E-state index in [1.54, 1.807) is 57.8 Å². The van der Waals surface area contributed by atoms with Crippen molar-refractivity contribution in [2.75, 3.05) is 69.0 Å². The number of amides is 2. The third-order valence-electron chi connectivity index (χ3n) is 14.3. The molecule has 0 radical (unpaired) electrons. The standard InChI is InChI=1S/C59H54N10O6S2/c1-2-52(72)60-34-37-11-13-38(14-12-37)50-32-48-55(76-50)59(67-24-28-75-29-25-67)65-57(63-48)45-9-4-10-49-46(45)35-61-69(49)20-5-8-43(70)17-18-53(73)68-21-19-39-30-40(15-16-42(39)36-68)51-33-47-54(77-51)58(66-22-26-74-27-23-66)64-56(62-47)41-6-3-7-44(71)31-41/h2-7,9-16,20,30-33,35,71H,1,8,17-19,21-29,34,36H2,(H,60,72)/b20-5+. The van der Waals surface area contributed by atoms with Crippen LogP contribution in [0.3, 0.4) is 0 Å². The molecule has 0 aliphatic carbocycles. The molecule has 0 atom stereocenters. The first kappa shape index (κ1) is 49.7. The molecule has 2 fully saturated rings. The highest BCUT2D eigenvalue weighted by molar-refractivity contribution is 7.23. The largest absolute Gasteiger partial charge is 0.508 e. The van der Waals surface area contributed by atoms with Gasteiger partial charge in [0, 0.05) is 97.5 Å². The Bertz CT molecular complexity index is 3760. The number of hydrogen-bond acceptors (Lipinski definition) is 15. The van der Waals surface area contributed by atoms with Crippen molar-refractivity contribution >= 4 is 89.4 Å². The predicted octanol–water partition coefficient (Wildman–Crippen LogP) is 9.69. The van der Waals surface area contributed by atoms with Gasteiger partial charge in [0.25, 0.3) is 0 Å². The van der Waals surface area contributed by atoms with Gasteiger partial charge in [-0.25, -0.2) is 24.6 Å². The van der Waals surface area contributed by atoms with Gasteiger partial charge in [-0.1, -0.05) is 73.3 Å². The minimum Gasteiger partial charge on any atom is -0.508 e. The van der Waals surface area contributed by atoms with E-state index in [0.717, 1.165) is 106 Å². The number of phenolic OH excluding ortho intramolecular Hbond substituents is 1. The van der Waals surface area contributed by atoms with E-state index >= 15 is 0 Å². The molecule has 77 heavy (non-hydrogen) atoms. The van der Waals surface area contributed by atoms with Crippen molar-refractivity contribution in [1.82, 2.24) is 39.9 Å². The number of aromatic hydroxyl groups is 1. The lowest BCUT2D eigenvalue weighted by molar-refractivity contribution is -0.134. The van der Waals surface area contributed by atoms with Crippen molar-refractivity contribution in [2.24, 2.45) is 0 Å². The Labute approximate surface area is 451 Å². The monoisotopic (exact) mass is 1060 g/mol. The average molecular weight is 1060 g/mol. The Balaban J connectivity index is 0.694. The molecule has 4 aromatic carbocycles. The van der Waals surface area contributed by atoms with E-state index in [2.05, 4.69) is 69.3 Å². The quantitative estimate of drug-likeness (QED) is 0.0928. The minimum atomic E-state index is -0.210. The number of morpholine rings is 2. The number of aromatic nitrogens is 6.